The van der Waals surface area contributed by atoms with Gasteiger partial charge in [0.15, 0.2) is 0 Å². The highest BCUT2D eigenvalue weighted by molar-refractivity contribution is 5.50. The predicted octanol–water partition coefficient (Wildman–Crippen LogP) is 7.88. The van der Waals surface area contributed by atoms with Crippen LogP contribution in [0.5, 0.6) is 23.0 Å². The Morgan fingerprint density at radius 1 is 0.553 bits per heavy atom. The Bertz CT molecular complexity index is 1290. The van der Waals surface area contributed by atoms with Crippen LogP contribution in [0.25, 0.3) is 0 Å². The first-order chi connectivity index (χ1) is 18.1. The van der Waals surface area contributed by atoms with Crippen LogP contribution in [0, 0.1) is 27.7 Å². The number of rotatable bonds is 4. The van der Waals surface area contributed by atoms with E-state index >= 15 is 0 Å². The van der Waals surface area contributed by atoms with Crippen LogP contribution >= 0.6 is 0 Å². The minimum atomic E-state index is 0.0431. The van der Waals surface area contributed by atoms with E-state index < -0.39 is 0 Å². The summed E-state index contributed by atoms with van der Waals surface area (Å²) in [6.07, 6.45) is 5.25. The van der Waals surface area contributed by atoms with E-state index in [4.69, 9.17) is 0 Å². The van der Waals surface area contributed by atoms with E-state index in [9.17, 15) is 20.4 Å². The number of aromatic hydroxyl groups is 4. The first-order valence-corrected chi connectivity index (χ1v) is 13.3. The molecular weight excluding hydrogens is 472 g/mol. The van der Waals surface area contributed by atoms with Crippen molar-refractivity contribution in [3.8, 4) is 23.0 Å². The van der Waals surface area contributed by atoms with Gasteiger partial charge in [-0.05, 0) is 98.2 Å². The number of benzene rings is 4. The van der Waals surface area contributed by atoms with E-state index in [1.54, 1.807) is 24.3 Å². The molecule has 0 heterocycles. The maximum Gasteiger partial charge on any atom is 0.122 e. The lowest BCUT2D eigenvalue weighted by molar-refractivity contribution is 0.458. The Morgan fingerprint density at radius 2 is 0.921 bits per heavy atom. The van der Waals surface area contributed by atoms with Gasteiger partial charge in [-0.1, -0.05) is 72.5 Å². The van der Waals surface area contributed by atoms with E-state index in [0.29, 0.717) is 29.4 Å². The van der Waals surface area contributed by atoms with Gasteiger partial charge in [0.25, 0.3) is 0 Å². The molecule has 198 valence electrons. The Hall–Kier alpha value is -3.92. The smallest absolute Gasteiger partial charge is 0.122 e. The van der Waals surface area contributed by atoms with Gasteiger partial charge in [-0.25, -0.2) is 0 Å². The molecule has 38 heavy (non-hydrogen) atoms. The summed E-state index contributed by atoms with van der Waals surface area (Å²) in [6, 6.07) is 23.0. The van der Waals surface area contributed by atoms with Gasteiger partial charge >= 0.3 is 0 Å². The lowest BCUT2D eigenvalue weighted by Gasteiger charge is -2.30. The second-order valence-electron chi connectivity index (χ2n) is 10.7. The number of phenolic OH excluding ortho intramolecular Hbond substituents is 4. The van der Waals surface area contributed by atoms with Crippen LogP contribution in [0.3, 0.4) is 0 Å². The molecule has 0 aromatic heterocycles. The van der Waals surface area contributed by atoms with Gasteiger partial charge in [0.05, 0.1) is 0 Å². The fraction of sp³-hybridized carbons (Fsp3) is 0.294. The average Bonchev–Trinajstić information content (AvgIpc) is 3.37. The Morgan fingerprint density at radius 3 is 1.29 bits per heavy atom. The first kappa shape index (κ1) is 27.1. The molecule has 0 saturated heterocycles. The molecule has 0 bridgehead atoms. The van der Waals surface area contributed by atoms with Crippen LogP contribution in [0.15, 0.2) is 72.8 Å². The highest BCUT2D eigenvalue weighted by Crippen LogP contribution is 2.46. The quantitative estimate of drug-likeness (QED) is 0.225. The molecule has 4 nitrogen and oxygen atoms in total. The zero-order valence-corrected chi connectivity index (χ0v) is 22.8. The zero-order chi connectivity index (χ0) is 27.4. The van der Waals surface area contributed by atoms with Gasteiger partial charge in [0, 0.05) is 11.8 Å². The van der Waals surface area contributed by atoms with Crippen molar-refractivity contribution in [1.82, 2.24) is 0 Å². The van der Waals surface area contributed by atoms with Crippen molar-refractivity contribution < 1.29 is 20.4 Å². The second-order valence-corrected chi connectivity index (χ2v) is 10.7. The van der Waals surface area contributed by atoms with E-state index in [2.05, 4.69) is 0 Å². The summed E-state index contributed by atoms with van der Waals surface area (Å²) in [7, 11) is 0. The second kappa shape index (κ2) is 11.2. The lowest BCUT2D eigenvalue weighted by Crippen LogP contribution is -2.23. The molecule has 1 saturated carbocycles. The summed E-state index contributed by atoms with van der Waals surface area (Å²) in [4.78, 5) is 0. The van der Waals surface area contributed by atoms with E-state index in [-0.39, 0.29) is 5.41 Å². The van der Waals surface area contributed by atoms with Gasteiger partial charge in [-0.15, -0.1) is 0 Å². The van der Waals surface area contributed by atoms with Crippen molar-refractivity contribution in [3.63, 3.8) is 0 Å². The number of phenols is 4. The molecule has 0 aliphatic heterocycles. The molecule has 0 radical (unpaired) electrons. The molecule has 0 unspecified atom stereocenters. The summed E-state index contributed by atoms with van der Waals surface area (Å²) in [5, 5.41) is 39.2. The fourth-order valence-corrected chi connectivity index (χ4v) is 5.85. The van der Waals surface area contributed by atoms with Gasteiger partial charge in [0.2, 0.25) is 0 Å². The van der Waals surface area contributed by atoms with Crippen LogP contribution in [-0.4, -0.2) is 20.4 Å². The number of hydrogen-bond acceptors (Lipinski definition) is 4. The van der Waals surface area contributed by atoms with Crippen LogP contribution in [0.2, 0.25) is 0 Å². The van der Waals surface area contributed by atoms with Crippen molar-refractivity contribution in [2.75, 3.05) is 0 Å². The average molecular weight is 511 g/mol. The third-order valence-corrected chi connectivity index (χ3v) is 7.73. The molecule has 5 rings (SSSR count). The van der Waals surface area contributed by atoms with Crippen LogP contribution < -0.4 is 0 Å². The van der Waals surface area contributed by atoms with Gasteiger partial charge in [-0.2, -0.15) is 0 Å². The Kier molecular flexibility index (Phi) is 8.01. The molecule has 1 fully saturated rings. The molecule has 1 aliphatic rings. The van der Waals surface area contributed by atoms with Crippen molar-refractivity contribution in [2.24, 2.45) is 0 Å². The van der Waals surface area contributed by atoms with Crippen molar-refractivity contribution in [3.05, 3.63) is 117 Å². The van der Waals surface area contributed by atoms with E-state index in [0.717, 1.165) is 46.2 Å². The molecule has 1 aliphatic carbocycles. The minimum absolute atomic E-state index is 0.0431. The summed E-state index contributed by atoms with van der Waals surface area (Å²) in [6.45, 7) is 7.81. The summed E-state index contributed by atoms with van der Waals surface area (Å²) < 4.78 is 0. The molecule has 4 heteroatoms. The van der Waals surface area contributed by atoms with Gasteiger partial charge in [-0.3, -0.25) is 0 Å². The highest BCUT2D eigenvalue weighted by atomic mass is 16.3. The molecule has 4 aromatic rings. The van der Waals surface area contributed by atoms with E-state index in [1.165, 1.54) is 24.0 Å². The summed E-state index contributed by atoms with van der Waals surface area (Å²) >= 11 is 0. The first-order valence-electron chi connectivity index (χ1n) is 13.3. The SMILES string of the molecule is Cc1cc(C)c(O)c(Cc2cc(C)cc(C)c2O)c1.Oc1ccc(C2(c3ccc(O)cc3)CCCC2)cc1. The largest absolute Gasteiger partial charge is 0.508 e. The minimum Gasteiger partial charge on any atom is -0.508 e. The third-order valence-electron chi connectivity index (χ3n) is 7.73. The zero-order valence-electron chi connectivity index (χ0n) is 22.8. The standard InChI is InChI=1S/C17H18O2.C17H20O2/c18-15-7-3-13(4-8-15)17(11-1-2-12-17)14-5-9-16(19)10-6-14;1-10-5-12(3)16(18)14(7-10)9-15-8-11(2)6-13(4)17(15)19/h3-10,18-19H,1-2,11-12H2;5-8,18-19H,9H2,1-4H3. The summed E-state index contributed by atoms with van der Waals surface area (Å²) in [5.41, 5.74) is 8.26. The Labute approximate surface area is 225 Å². The molecule has 0 atom stereocenters. The van der Waals surface area contributed by atoms with Crippen LogP contribution in [0.1, 0.15) is 70.2 Å². The maximum atomic E-state index is 10.1. The molecule has 4 aromatic carbocycles. The lowest BCUT2D eigenvalue weighted by atomic mass is 9.73. The van der Waals surface area contributed by atoms with Crippen molar-refractivity contribution in [1.29, 1.82) is 0 Å². The highest BCUT2D eigenvalue weighted by Gasteiger charge is 2.37. The fourth-order valence-electron chi connectivity index (χ4n) is 5.85. The van der Waals surface area contributed by atoms with Crippen LogP contribution in [0.4, 0.5) is 0 Å². The van der Waals surface area contributed by atoms with E-state index in [1.807, 2.05) is 76.2 Å². The van der Waals surface area contributed by atoms with Gasteiger partial charge in [0.1, 0.15) is 23.0 Å². The van der Waals surface area contributed by atoms with Crippen molar-refractivity contribution >= 4 is 0 Å². The molecule has 4 N–H and O–H groups in total. The van der Waals surface area contributed by atoms with Crippen molar-refractivity contribution in [2.45, 2.75) is 65.2 Å². The van der Waals surface area contributed by atoms with Gasteiger partial charge < -0.3 is 20.4 Å². The molecular formula is C34H38O4. The number of hydrogen-bond donors (Lipinski definition) is 4. The predicted molar refractivity (Wildman–Crippen MR) is 153 cm³/mol. The normalized spacial score (nSPS) is 14.1. The maximum absolute atomic E-state index is 10.1. The molecule has 0 amide bonds. The topological polar surface area (TPSA) is 80.9 Å². The number of aryl methyl sites for hydroxylation is 4. The van der Waals surface area contributed by atoms with Crippen LogP contribution in [-0.2, 0) is 11.8 Å². The Balaban J connectivity index is 0.000000177. The molecule has 0 spiro atoms. The summed E-state index contributed by atoms with van der Waals surface area (Å²) in [5.74, 6) is 1.26. The third kappa shape index (κ3) is 5.80. The monoisotopic (exact) mass is 510 g/mol.